The Morgan fingerprint density at radius 1 is 0.464 bits per heavy atom. The highest BCUT2D eigenvalue weighted by molar-refractivity contribution is 7.45. The van der Waals surface area contributed by atoms with Crippen molar-refractivity contribution in [1.29, 1.82) is 0 Å². The molecular formula is C59H110NO8P. The van der Waals surface area contributed by atoms with Gasteiger partial charge in [0.2, 0.25) is 0 Å². The van der Waals surface area contributed by atoms with Crippen molar-refractivity contribution in [2.75, 3.05) is 47.5 Å². The second kappa shape index (κ2) is 50.9. The summed E-state index contributed by atoms with van der Waals surface area (Å²) in [5, 5.41) is 0. The predicted octanol–water partition coefficient (Wildman–Crippen LogP) is 17.1. The van der Waals surface area contributed by atoms with Crippen molar-refractivity contribution in [3.8, 4) is 0 Å². The molecule has 0 aromatic carbocycles. The van der Waals surface area contributed by atoms with Crippen LogP contribution in [0.2, 0.25) is 0 Å². The van der Waals surface area contributed by atoms with E-state index in [2.05, 4.69) is 62.5 Å². The van der Waals surface area contributed by atoms with Crippen molar-refractivity contribution in [2.24, 2.45) is 0 Å². The third-order valence-corrected chi connectivity index (χ3v) is 13.6. The Balaban J connectivity index is 4.15. The molecule has 404 valence electrons. The molecule has 0 amide bonds. The maximum absolute atomic E-state index is 12.8. The number of carbonyl (C=O) groups excluding carboxylic acids is 2. The van der Waals surface area contributed by atoms with Crippen LogP contribution in [0.5, 0.6) is 0 Å². The topological polar surface area (TPSA) is 111 Å². The lowest BCUT2D eigenvalue weighted by Crippen LogP contribution is -2.37. The van der Waals surface area contributed by atoms with Gasteiger partial charge in [-0.05, 0) is 51.4 Å². The van der Waals surface area contributed by atoms with Gasteiger partial charge in [0.25, 0.3) is 7.82 Å². The highest BCUT2D eigenvalue weighted by Gasteiger charge is 2.22. The lowest BCUT2D eigenvalue weighted by Gasteiger charge is -2.28. The molecule has 10 heteroatoms. The molecule has 9 nitrogen and oxygen atoms in total. The number of unbranched alkanes of at least 4 members (excludes halogenated alkanes) is 31. The molecule has 0 aliphatic heterocycles. The molecule has 2 atom stereocenters. The van der Waals surface area contributed by atoms with Crippen LogP contribution in [0.3, 0.4) is 0 Å². The van der Waals surface area contributed by atoms with Crippen LogP contribution < -0.4 is 4.89 Å². The summed E-state index contributed by atoms with van der Waals surface area (Å²) in [6.07, 6.45) is 63.0. The second-order valence-corrected chi connectivity index (χ2v) is 22.0. The van der Waals surface area contributed by atoms with E-state index in [1.54, 1.807) is 0 Å². The van der Waals surface area contributed by atoms with Gasteiger partial charge >= 0.3 is 11.9 Å². The molecule has 0 fully saturated rings. The molecule has 0 saturated heterocycles. The summed E-state index contributed by atoms with van der Waals surface area (Å²) in [5.74, 6) is -0.832. The maximum Gasteiger partial charge on any atom is 0.306 e. The monoisotopic (exact) mass is 992 g/mol. The lowest BCUT2D eigenvalue weighted by atomic mass is 10.0. The maximum atomic E-state index is 12.8. The number of quaternary nitrogens is 1. The van der Waals surface area contributed by atoms with Gasteiger partial charge in [-0.3, -0.25) is 14.2 Å². The Labute approximate surface area is 426 Å². The number of ether oxygens (including phenoxy) is 2. The summed E-state index contributed by atoms with van der Waals surface area (Å²) in [6, 6.07) is 0. The molecule has 0 radical (unpaired) electrons. The van der Waals surface area contributed by atoms with Crippen molar-refractivity contribution >= 4 is 19.8 Å². The van der Waals surface area contributed by atoms with Crippen molar-refractivity contribution in [3.05, 3.63) is 48.6 Å². The van der Waals surface area contributed by atoms with Gasteiger partial charge in [0.15, 0.2) is 6.10 Å². The average molecular weight is 993 g/mol. The van der Waals surface area contributed by atoms with Gasteiger partial charge in [-0.25, -0.2) is 0 Å². The largest absolute Gasteiger partial charge is 0.756 e. The Morgan fingerprint density at radius 3 is 1.23 bits per heavy atom. The van der Waals surface area contributed by atoms with Crippen LogP contribution in [-0.4, -0.2) is 70.0 Å². The van der Waals surface area contributed by atoms with Gasteiger partial charge in [-0.2, -0.15) is 0 Å². The number of nitrogens with zero attached hydrogens (tertiary/aromatic N) is 1. The van der Waals surface area contributed by atoms with Gasteiger partial charge in [0, 0.05) is 12.8 Å². The molecule has 0 saturated carbocycles. The first-order chi connectivity index (χ1) is 33.5. The number of esters is 2. The van der Waals surface area contributed by atoms with E-state index in [1.807, 2.05) is 21.1 Å². The Hall–Kier alpha value is -2.03. The minimum atomic E-state index is -4.64. The third-order valence-electron chi connectivity index (χ3n) is 12.6. The van der Waals surface area contributed by atoms with Gasteiger partial charge in [0.05, 0.1) is 27.7 Å². The number of rotatable bonds is 53. The third kappa shape index (κ3) is 55.1. The molecule has 0 aliphatic rings. The second-order valence-electron chi connectivity index (χ2n) is 20.6. The molecular weight excluding hydrogens is 882 g/mol. The number of carbonyl (C=O) groups is 2. The van der Waals surface area contributed by atoms with E-state index >= 15 is 0 Å². The zero-order valence-corrected chi connectivity index (χ0v) is 46.7. The van der Waals surface area contributed by atoms with E-state index in [0.717, 1.165) is 70.6 Å². The predicted molar refractivity (Wildman–Crippen MR) is 291 cm³/mol. The molecule has 0 aliphatic carbocycles. The fourth-order valence-corrected chi connectivity index (χ4v) is 8.91. The van der Waals surface area contributed by atoms with Gasteiger partial charge < -0.3 is 27.9 Å². The molecule has 0 heterocycles. The number of hydrogen-bond acceptors (Lipinski definition) is 8. The fraction of sp³-hybridized carbons (Fsp3) is 0.831. The van der Waals surface area contributed by atoms with Crippen LogP contribution in [0.15, 0.2) is 48.6 Å². The molecule has 0 aromatic rings. The summed E-state index contributed by atoms with van der Waals surface area (Å²) in [6.45, 7) is 4.15. The molecule has 0 rings (SSSR count). The normalized spacial score (nSPS) is 13.7. The van der Waals surface area contributed by atoms with Crippen molar-refractivity contribution in [3.63, 3.8) is 0 Å². The summed E-state index contributed by atoms with van der Waals surface area (Å²) in [4.78, 5) is 37.9. The summed E-state index contributed by atoms with van der Waals surface area (Å²) in [5.41, 5.74) is 0. The van der Waals surface area contributed by atoms with E-state index in [0.29, 0.717) is 17.4 Å². The number of phosphoric acid groups is 1. The summed E-state index contributed by atoms with van der Waals surface area (Å²) in [7, 11) is 1.17. The molecule has 0 aromatic heterocycles. The average Bonchev–Trinajstić information content (AvgIpc) is 3.31. The first-order valence-electron chi connectivity index (χ1n) is 28.8. The minimum absolute atomic E-state index is 0.0324. The van der Waals surface area contributed by atoms with Gasteiger partial charge in [-0.15, -0.1) is 0 Å². The molecule has 0 spiro atoms. The number of likely N-dealkylation sites (N-methyl/N-ethyl adjacent to an activating group) is 1. The van der Waals surface area contributed by atoms with Crippen LogP contribution in [-0.2, 0) is 32.7 Å². The van der Waals surface area contributed by atoms with Crippen LogP contribution in [0.1, 0.15) is 264 Å². The van der Waals surface area contributed by atoms with Crippen molar-refractivity contribution in [1.82, 2.24) is 0 Å². The first kappa shape index (κ1) is 67.0. The summed E-state index contributed by atoms with van der Waals surface area (Å²) < 4.78 is 34.2. The molecule has 0 N–H and O–H groups in total. The van der Waals surface area contributed by atoms with E-state index in [9.17, 15) is 19.0 Å². The Kier molecular flexibility index (Phi) is 49.4. The van der Waals surface area contributed by atoms with Crippen LogP contribution >= 0.6 is 7.82 Å². The SMILES string of the molecule is CC/C=C\C/C=C\C/C=C\C/C=C\CCCCCCCCCCC(=O)OC(COC(=O)CCCCCCCCCCCCCCCCCCCCCCCCCC)COP(=O)([O-])OCC[N+](C)(C)C. The lowest BCUT2D eigenvalue weighted by molar-refractivity contribution is -0.870. The number of allylic oxidation sites excluding steroid dienone is 8. The number of phosphoric ester groups is 1. The minimum Gasteiger partial charge on any atom is -0.756 e. The zero-order chi connectivity index (χ0) is 50.6. The van der Waals surface area contributed by atoms with E-state index < -0.39 is 26.5 Å². The molecule has 69 heavy (non-hydrogen) atoms. The van der Waals surface area contributed by atoms with Crippen molar-refractivity contribution < 1.29 is 42.1 Å². The van der Waals surface area contributed by atoms with Gasteiger partial charge in [-0.1, -0.05) is 249 Å². The highest BCUT2D eigenvalue weighted by Crippen LogP contribution is 2.38. The smallest absolute Gasteiger partial charge is 0.306 e. The van der Waals surface area contributed by atoms with Gasteiger partial charge in [0.1, 0.15) is 19.8 Å². The van der Waals surface area contributed by atoms with Crippen LogP contribution in [0, 0.1) is 0 Å². The zero-order valence-electron chi connectivity index (χ0n) is 45.8. The van der Waals surface area contributed by atoms with Crippen molar-refractivity contribution in [2.45, 2.75) is 270 Å². The van der Waals surface area contributed by atoms with Crippen LogP contribution in [0.4, 0.5) is 0 Å². The van der Waals surface area contributed by atoms with E-state index in [4.69, 9.17) is 18.5 Å². The standard InChI is InChI=1S/C59H110NO8P/c1-6-8-10-12-14-16-18-20-22-24-26-28-29-30-32-33-35-37-39-41-43-45-47-49-51-58(61)65-55-57(56-67-69(63,64)66-54-53-60(3,4)5)68-59(62)52-50-48-46-44-42-40-38-36-34-31-27-25-23-21-19-17-15-13-11-9-7-2/h9,11,15,17,21,23,27,31,57H,6-8,10,12-14,16,18-20,22,24-26,28-30,32-56H2,1-5H3/b11-9-,17-15-,23-21-,31-27-. The van der Waals surface area contributed by atoms with Crippen LogP contribution in [0.25, 0.3) is 0 Å². The quantitative estimate of drug-likeness (QED) is 0.0195. The highest BCUT2D eigenvalue weighted by atomic mass is 31.2. The first-order valence-corrected chi connectivity index (χ1v) is 30.3. The Bertz CT molecular complexity index is 1310. The fourth-order valence-electron chi connectivity index (χ4n) is 8.18. The molecule has 2 unspecified atom stereocenters. The van der Waals surface area contributed by atoms with E-state index in [1.165, 1.54) is 161 Å². The van der Waals surface area contributed by atoms with E-state index in [-0.39, 0.29) is 32.0 Å². The Morgan fingerprint density at radius 2 is 0.826 bits per heavy atom. The summed E-state index contributed by atoms with van der Waals surface area (Å²) >= 11 is 0. The number of hydrogen-bond donors (Lipinski definition) is 0. The molecule has 0 bridgehead atoms.